The van der Waals surface area contributed by atoms with E-state index in [1.807, 2.05) is 6.07 Å². The molecule has 1 aromatic heterocycles. The Balaban J connectivity index is 1.64. The SMILES string of the molecule is N#Cc1ccc2ncn(C[C@@H]3C[C@@]4(CCC3(F)F)CNC(=O)O4)c2c1. The molecule has 1 saturated heterocycles. The van der Waals surface area contributed by atoms with E-state index in [4.69, 9.17) is 10.00 Å². The summed E-state index contributed by atoms with van der Waals surface area (Å²) in [4.78, 5) is 15.6. The van der Waals surface area contributed by atoms with E-state index in [2.05, 4.69) is 10.3 Å². The van der Waals surface area contributed by atoms with Gasteiger partial charge in [-0.15, -0.1) is 0 Å². The molecule has 2 aliphatic rings. The molecule has 6 nitrogen and oxygen atoms in total. The summed E-state index contributed by atoms with van der Waals surface area (Å²) in [5.74, 6) is -3.82. The summed E-state index contributed by atoms with van der Waals surface area (Å²) >= 11 is 0. The molecule has 1 saturated carbocycles. The van der Waals surface area contributed by atoms with Crippen molar-refractivity contribution < 1.29 is 18.3 Å². The quantitative estimate of drug-likeness (QED) is 0.907. The van der Waals surface area contributed by atoms with E-state index < -0.39 is 23.5 Å². The Morgan fingerprint density at radius 1 is 1.44 bits per heavy atom. The van der Waals surface area contributed by atoms with Gasteiger partial charge in [-0.25, -0.2) is 18.6 Å². The first kappa shape index (κ1) is 15.8. The van der Waals surface area contributed by atoms with E-state index in [9.17, 15) is 13.6 Å². The average Bonchev–Trinajstić information content (AvgIpc) is 3.15. The lowest BCUT2D eigenvalue weighted by Crippen LogP contribution is -2.48. The first-order chi connectivity index (χ1) is 11.9. The average molecular weight is 346 g/mol. The first-order valence-electron chi connectivity index (χ1n) is 8.10. The molecule has 1 spiro atoms. The molecule has 0 radical (unpaired) electrons. The standard InChI is InChI=1S/C17H16F2N4O2/c18-17(19)4-3-16(9-21-15(24)25-16)6-12(17)8-23-10-22-13-2-1-11(7-20)5-14(13)23/h1-2,5,10,12H,3-4,6,8-9H2,(H,21,24)/t12-,16-/m0/s1. The number of carbonyl (C=O) groups is 1. The molecule has 130 valence electrons. The van der Waals surface area contributed by atoms with Gasteiger partial charge in [-0.05, 0) is 31.0 Å². The van der Waals surface area contributed by atoms with Gasteiger partial charge in [0, 0.05) is 18.9 Å². The number of nitrogens with one attached hydrogen (secondary N) is 1. The van der Waals surface area contributed by atoms with Crippen LogP contribution in [0.1, 0.15) is 24.8 Å². The number of ether oxygens (including phenoxy) is 1. The number of alkyl carbamates (subject to hydrolysis) is 1. The Labute approximate surface area is 142 Å². The van der Waals surface area contributed by atoms with Gasteiger partial charge in [-0.3, -0.25) is 0 Å². The van der Waals surface area contributed by atoms with Gasteiger partial charge < -0.3 is 14.6 Å². The molecular formula is C17H16F2N4O2. The van der Waals surface area contributed by atoms with E-state index in [1.54, 1.807) is 22.8 Å². The lowest BCUT2D eigenvalue weighted by molar-refractivity contribution is -0.139. The highest BCUT2D eigenvalue weighted by Crippen LogP contribution is 2.46. The van der Waals surface area contributed by atoms with Crippen LogP contribution in [-0.2, 0) is 11.3 Å². The zero-order valence-corrected chi connectivity index (χ0v) is 13.3. The summed E-state index contributed by atoms with van der Waals surface area (Å²) in [6.45, 7) is 0.319. The highest BCUT2D eigenvalue weighted by molar-refractivity contribution is 5.77. The van der Waals surface area contributed by atoms with Gasteiger partial charge in [0.15, 0.2) is 0 Å². The van der Waals surface area contributed by atoms with Crippen LogP contribution in [0.25, 0.3) is 11.0 Å². The molecule has 2 aromatic rings. The van der Waals surface area contributed by atoms with Crippen LogP contribution in [0.3, 0.4) is 0 Å². The summed E-state index contributed by atoms with van der Waals surface area (Å²) in [6.07, 6.45) is 0.898. The molecule has 0 bridgehead atoms. The van der Waals surface area contributed by atoms with Crippen LogP contribution in [0, 0.1) is 17.2 Å². The predicted molar refractivity (Wildman–Crippen MR) is 84.0 cm³/mol. The second kappa shape index (κ2) is 5.41. The molecule has 1 aromatic carbocycles. The van der Waals surface area contributed by atoms with Crippen LogP contribution in [0.2, 0.25) is 0 Å². The third-order valence-electron chi connectivity index (χ3n) is 5.16. The van der Waals surface area contributed by atoms with E-state index in [0.717, 1.165) is 0 Å². The molecule has 1 N–H and O–H groups in total. The number of amides is 1. The lowest BCUT2D eigenvalue weighted by Gasteiger charge is -2.40. The third kappa shape index (κ3) is 2.69. The number of benzene rings is 1. The minimum absolute atomic E-state index is 0.0533. The number of aromatic nitrogens is 2. The van der Waals surface area contributed by atoms with Crippen LogP contribution in [-0.4, -0.2) is 33.7 Å². The van der Waals surface area contributed by atoms with Crippen LogP contribution < -0.4 is 5.32 Å². The van der Waals surface area contributed by atoms with Crippen molar-refractivity contribution in [2.24, 2.45) is 5.92 Å². The molecule has 1 aliphatic heterocycles. The second-order valence-corrected chi connectivity index (χ2v) is 6.80. The number of imidazole rings is 1. The summed E-state index contributed by atoms with van der Waals surface area (Å²) in [5, 5.41) is 11.6. The lowest BCUT2D eigenvalue weighted by atomic mass is 9.75. The zero-order valence-electron chi connectivity index (χ0n) is 13.3. The van der Waals surface area contributed by atoms with Gasteiger partial charge >= 0.3 is 6.09 Å². The molecule has 2 fully saturated rings. The molecule has 25 heavy (non-hydrogen) atoms. The highest BCUT2D eigenvalue weighted by Gasteiger charge is 2.54. The van der Waals surface area contributed by atoms with Crippen molar-refractivity contribution in [3.05, 3.63) is 30.1 Å². The number of nitriles is 1. The molecule has 2 heterocycles. The molecule has 4 rings (SSSR count). The molecule has 2 atom stereocenters. The van der Waals surface area contributed by atoms with E-state index in [1.165, 1.54) is 6.33 Å². The maximum absolute atomic E-state index is 14.5. The molecular weight excluding hydrogens is 330 g/mol. The second-order valence-electron chi connectivity index (χ2n) is 6.80. The fourth-order valence-electron chi connectivity index (χ4n) is 3.76. The monoisotopic (exact) mass is 346 g/mol. The van der Waals surface area contributed by atoms with Gasteiger partial charge in [0.25, 0.3) is 5.92 Å². The summed E-state index contributed by atoms with van der Waals surface area (Å²) in [6, 6.07) is 7.04. The molecule has 0 unspecified atom stereocenters. The van der Waals surface area contributed by atoms with Crippen molar-refractivity contribution in [2.75, 3.05) is 6.54 Å². The Bertz CT molecular complexity index is 888. The van der Waals surface area contributed by atoms with Gasteiger partial charge in [0.2, 0.25) is 0 Å². The van der Waals surface area contributed by atoms with Crippen molar-refractivity contribution in [3.63, 3.8) is 0 Å². The van der Waals surface area contributed by atoms with Crippen LogP contribution >= 0.6 is 0 Å². The Kier molecular flexibility index (Phi) is 3.42. The number of hydrogen-bond donors (Lipinski definition) is 1. The van der Waals surface area contributed by atoms with E-state index in [0.29, 0.717) is 16.6 Å². The third-order valence-corrected chi connectivity index (χ3v) is 5.16. The number of nitrogens with zero attached hydrogens (tertiary/aromatic N) is 3. The largest absolute Gasteiger partial charge is 0.441 e. The predicted octanol–water partition coefficient (Wildman–Crippen LogP) is 2.82. The first-order valence-corrected chi connectivity index (χ1v) is 8.10. The maximum atomic E-state index is 14.5. The Morgan fingerprint density at radius 3 is 3.00 bits per heavy atom. The smallest absolute Gasteiger partial charge is 0.407 e. The summed E-state index contributed by atoms with van der Waals surface area (Å²) < 4.78 is 35.9. The Morgan fingerprint density at radius 2 is 2.28 bits per heavy atom. The van der Waals surface area contributed by atoms with Crippen molar-refractivity contribution in [1.29, 1.82) is 5.26 Å². The van der Waals surface area contributed by atoms with Crippen molar-refractivity contribution >= 4 is 17.1 Å². The van der Waals surface area contributed by atoms with Gasteiger partial charge in [0.05, 0.1) is 35.5 Å². The summed E-state index contributed by atoms with van der Waals surface area (Å²) in [7, 11) is 0. The van der Waals surface area contributed by atoms with E-state index in [-0.39, 0.29) is 32.4 Å². The highest BCUT2D eigenvalue weighted by atomic mass is 19.3. The number of fused-ring (bicyclic) bond motifs is 1. The normalized spacial score (nSPS) is 27.9. The zero-order chi connectivity index (χ0) is 17.7. The Hall–Kier alpha value is -2.69. The fraction of sp³-hybridized carbons (Fsp3) is 0.471. The summed E-state index contributed by atoms with van der Waals surface area (Å²) in [5.41, 5.74) is 0.908. The number of hydrogen-bond acceptors (Lipinski definition) is 4. The van der Waals surface area contributed by atoms with Crippen molar-refractivity contribution in [1.82, 2.24) is 14.9 Å². The van der Waals surface area contributed by atoms with E-state index >= 15 is 0 Å². The number of alkyl halides is 2. The van der Waals surface area contributed by atoms with Crippen molar-refractivity contribution in [3.8, 4) is 6.07 Å². The molecule has 1 aliphatic carbocycles. The van der Waals surface area contributed by atoms with Crippen LogP contribution in [0.15, 0.2) is 24.5 Å². The van der Waals surface area contributed by atoms with Crippen molar-refractivity contribution in [2.45, 2.75) is 37.3 Å². The fourth-order valence-corrected chi connectivity index (χ4v) is 3.76. The molecule has 8 heteroatoms. The number of rotatable bonds is 2. The number of carbonyl (C=O) groups excluding carboxylic acids is 1. The topological polar surface area (TPSA) is 79.9 Å². The van der Waals surface area contributed by atoms with Crippen LogP contribution in [0.5, 0.6) is 0 Å². The van der Waals surface area contributed by atoms with Gasteiger partial charge in [-0.2, -0.15) is 5.26 Å². The minimum Gasteiger partial charge on any atom is -0.441 e. The number of halogens is 2. The van der Waals surface area contributed by atoms with Gasteiger partial charge in [-0.1, -0.05) is 0 Å². The van der Waals surface area contributed by atoms with Gasteiger partial charge in [0.1, 0.15) is 5.60 Å². The van der Waals surface area contributed by atoms with Crippen LogP contribution in [0.4, 0.5) is 13.6 Å². The minimum atomic E-state index is -2.84. The molecule has 1 amide bonds. The maximum Gasteiger partial charge on any atom is 0.407 e.